The fraction of sp³-hybridized carbons (Fsp3) is 0.316. The number of aromatic nitrogens is 1. The van der Waals surface area contributed by atoms with Crippen molar-refractivity contribution in [2.75, 3.05) is 24.1 Å². The van der Waals surface area contributed by atoms with Gasteiger partial charge >= 0.3 is 5.97 Å². The van der Waals surface area contributed by atoms with Gasteiger partial charge < -0.3 is 16.2 Å². The normalized spacial score (nSPS) is 20.2. The lowest BCUT2D eigenvalue weighted by Gasteiger charge is -2.35. The lowest BCUT2D eigenvalue weighted by molar-refractivity contribution is -0.145. The third-order valence-electron chi connectivity index (χ3n) is 4.68. The number of nitrogens with two attached hydrogens (primary N) is 1. The van der Waals surface area contributed by atoms with Crippen LogP contribution in [0.4, 0.5) is 15.9 Å². The van der Waals surface area contributed by atoms with E-state index in [4.69, 9.17) is 5.73 Å². The number of carbonyl (C=O) groups excluding carboxylic acids is 1. The van der Waals surface area contributed by atoms with Crippen LogP contribution < -0.4 is 11.1 Å². The molecule has 2 aromatic rings. The molecule has 0 unspecified atom stereocenters. The quantitative estimate of drug-likeness (QED) is 0.740. The summed E-state index contributed by atoms with van der Waals surface area (Å²) in [5, 5.41) is 12.2. The Kier molecular flexibility index (Phi) is 5.66. The minimum Gasteiger partial charge on any atom is -0.481 e. The van der Waals surface area contributed by atoms with Crippen LogP contribution in [0.15, 0.2) is 42.6 Å². The number of hydrogen-bond donors (Lipinski definition) is 3. The highest BCUT2D eigenvalue weighted by molar-refractivity contribution is 5.93. The number of carboxylic acid groups (broad SMARTS) is 1. The smallest absolute Gasteiger partial charge is 0.307 e. The van der Waals surface area contributed by atoms with Crippen LogP contribution in [0.2, 0.25) is 0 Å². The molecule has 1 aromatic carbocycles. The largest absolute Gasteiger partial charge is 0.481 e. The van der Waals surface area contributed by atoms with Gasteiger partial charge in [0.15, 0.2) is 0 Å². The van der Waals surface area contributed by atoms with Crippen molar-refractivity contribution in [2.24, 2.45) is 11.8 Å². The molecule has 1 amide bonds. The first kappa shape index (κ1) is 18.8. The van der Waals surface area contributed by atoms with Gasteiger partial charge in [-0.2, -0.15) is 0 Å². The van der Waals surface area contributed by atoms with Gasteiger partial charge in [-0.1, -0.05) is 6.07 Å². The number of nitrogens with zero attached hydrogens (tertiary/aromatic N) is 2. The molecule has 0 spiro atoms. The highest BCUT2D eigenvalue weighted by Gasteiger charge is 2.35. The highest BCUT2D eigenvalue weighted by Crippen LogP contribution is 2.26. The molecule has 27 heavy (non-hydrogen) atoms. The lowest BCUT2D eigenvalue weighted by Crippen LogP contribution is -2.46. The Balaban J connectivity index is 1.71. The number of nitrogens with one attached hydrogen (secondary N) is 1. The SMILES string of the molecule is Nc1ncccc1CN1C[C@@H](C(=O)O)C[C@H](C(=O)Nc2ccc(F)cc2)C1. The molecule has 8 heteroatoms. The maximum Gasteiger partial charge on any atom is 0.307 e. The summed E-state index contributed by atoms with van der Waals surface area (Å²) in [4.78, 5) is 30.1. The van der Waals surface area contributed by atoms with E-state index >= 15 is 0 Å². The molecule has 1 saturated heterocycles. The van der Waals surface area contributed by atoms with E-state index in [1.54, 1.807) is 12.3 Å². The van der Waals surface area contributed by atoms with Gasteiger partial charge in [0.25, 0.3) is 0 Å². The van der Waals surface area contributed by atoms with Crippen molar-refractivity contribution >= 4 is 23.4 Å². The summed E-state index contributed by atoms with van der Waals surface area (Å²) in [6, 6.07) is 9.06. The lowest BCUT2D eigenvalue weighted by atomic mass is 9.88. The van der Waals surface area contributed by atoms with Crippen molar-refractivity contribution < 1.29 is 19.1 Å². The molecule has 2 heterocycles. The van der Waals surface area contributed by atoms with Gasteiger partial charge in [0.05, 0.1) is 11.8 Å². The number of pyridine rings is 1. The minimum absolute atomic E-state index is 0.251. The van der Waals surface area contributed by atoms with Crippen molar-refractivity contribution in [2.45, 2.75) is 13.0 Å². The van der Waals surface area contributed by atoms with Crippen molar-refractivity contribution in [1.82, 2.24) is 9.88 Å². The highest BCUT2D eigenvalue weighted by atomic mass is 19.1. The average Bonchev–Trinajstić information content (AvgIpc) is 2.65. The molecule has 1 aromatic heterocycles. The Bertz CT molecular complexity index is 828. The number of likely N-dealkylation sites (tertiary alicyclic amines) is 1. The van der Waals surface area contributed by atoms with Crippen molar-refractivity contribution in [3.05, 3.63) is 54.0 Å². The number of aliphatic carboxylic acids is 1. The molecule has 0 bridgehead atoms. The Hall–Kier alpha value is -3.00. The molecule has 0 saturated carbocycles. The Morgan fingerprint density at radius 1 is 1.22 bits per heavy atom. The molecule has 1 aliphatic rings. The third-order valence-corrected chi connectivity index (χ3v) is 4.68. The Morgan fingerprint density at radius 2 is 1.93 bits per heavy atom. The fourth-order valence-corrected chi connectivity index (χ4v) is 3.29. The van der Waals surface area contributed by atoms with Gasteiger partial charge in [0, 0.05) is 37.1 Å². The zero-order chi connectivity index (χ0) is 19.4. The molecular formula is C19H21FN4O3. The Morgan fingerprint density at radius 3 is 2.59 bits per heavy atom. The van der Waals surface area contributed by atoms with E-state index in [2.05, 4.69) is 10.3 Å². The molecule has 142 valence electrons. The summed E-state index contributed by atoms with van der Waals surface area (Å²) < 4.78 is 13.0. The van der Waals surface area contributed by atoms with E-state index in [-0.39, 0.29) is 12.3 Å². The van der Waals surface area contributed by atoms with E-state index in [1.807, 2.05) is 11.0 Å². The number of anilines is 2. The Labute approximate surface area is 156 Å². The molecule has 7 nitrogen and oxygen atoms in total. The van der Waals surface area contributed by atoms with Crippen LogP contribution in [0, 0.1) is 17.7 Å². The van der Waals surface area contributed by atoms with Crippen LogP contribution in [-0.4, -0.2) is 40.0 Å². The number of piperidine rings is 1. The summed E-state index contributed by atoms with van der Waals surface area (Å²) in [5.41, 5.74) is 7.14. The van der Waals surface area contributed by atoms with Gasteiger partial charge in [-0.15, -0.1) is 0 Å². The predicted molar refractivity (Wildman–Crippen MR) is 98.2 cm³/mol. The van der Waals surface area contributed by atoms with Crippen LogP contribution >= 0.6 is 0 Å². The first-order valence-corrected chi connectivity index (χ1v) is 8.63. The van der Waals surface area contributed by atoms with Crippen LogP contribution in [-0.2, 0) is 16.1 Å². The minimum atomic E-state index is -0.932. The molecule has 1 aliphatic heterocycles. The van der Waals surface area contributed by atoms with Gasteiger partial charge in [-0.3, -0.25) is 14.5 Å². The number of amides is 1. The van der Waals surface area contributed by atoms with E-state index in [0.717, 1.165) is 5.56 Å². The van der Waals surface area contributed by atoms with Crippen molar-refractivity contribution in [3.63, 3.8) is 0 Å². The predicted octanol–water partition coefficient (Wildman–Crippen LogP) is 1.96. The first-order chi connectivity index (χ1) is 12.9. The standard InChI is InChI=1S/C19H21FN4O3/c20-15-3-5-16(6-4-15)23-18(25)13-8-14(19(26)27)11-24(10-13)9-12-2-1-7-22-17(12)21/h1-7,13-14H,8-11H2,(H2,21,22)(H,23,25)(H,26,27)/t13-,14-/m0/s1. The topological polar surface area (TPSA) is 109 Å². The molecular weight excluding hydrogens is 351 g/mol. The molecule has 0 radical (unpaired) electrons. The second kappa shape index (κ2) is 8.13. The summed E-state index contributed by atoms with van der Waals surface area (Å²) in [6.45, 7) is 1.17. The number of carbonyl (C=O) groups is 2. The molecule has 2 atom stereocenters. The molecule has 0 aliphatic carbocycles. The van der Waals surface area contributed by atoms with E-state index in [0.29, 0.717) is 31.1 Å². The first-order valence-electron chi connectivity index (χ1n) is 8.63. The number of hydrogen-bond acceptors (Lipinski definition) is 5. The summed E-state index contributed by atoms with van der Waals surface area (Å²) in [6.07, 6.45) is 1.84. The number of carboxylic acids is 1. The van der Waals surface area contributed by atoms with E-state index in [9.17, 15) is 19.1 Å². The van der Waals surface area contributed by atoms with Crippen LogP contribution in [0.3, 0.4) is 0 Å². The van der Waals surface area contributed by atoms with Crippen LogP contribution in [0.5, 0.6) is 0 Å². The second-order valence-electron chi connectivity index (χ2n) is 6.71. The van der Waals surface area contributed by atoms with Crippen LogP contribution in [0.25, 0.3) is 0 Å². The summed E-state index contributed by atoms with van der Waals surface area (Å²) >= 11 is 0. The van der Waals surface area contributed by atoms with Crippen molar-refractivity contribution in [3.8, 4) is 0 Å². The van der Waals surface area contributed by atoms with Crippen LogP contribution in [0.1, 0.15) is 12.0 Å². The summed E-state index contributed by atoms with van der Waals surface area (Å²) in [5.74, 6) is -2.36. The van der Waals surface area contributed by atoms with E-state index in [1.165, 1.54) is 24.3 Å². The fourth-order valence-electron chi connectivity index (χ4n) is 3.29. The number of halogens is 1. The monoisotopic (exact) mass is 372 g/mol. The summed E-state index contributed by atoms with van der Waals surface area (Å²) in [7, 11) is 0. The number of rotatable bonds is 5. The number of nitrogen functional groups attached to an aromatic ring is 1. The molecule has 1 fully saturated rings. The van der Waals surface area contributed by atoms with Crippen molar-refractivity contribution in [1.29, 1.82) is 0 Å². The third kappa shape index (κ3) is 4.79. The van der Waals surface area contributed by atoms with Gasteiger partial charge in [-0.25, -0.2) is 9.37 Å². The zero-order valence-corrected chi connectivity index (χ0v) is 14.6. The maximum absolute atomic E-state index is 13.0. The van der Waals surface area contributed by atoms with Gasteiger partial charge in [-0.05, 0) is 36.8 Å². The number of benzene rings is 1. The molecule has 4 N–H and O–H groups in total. The van der Waals surface area contributed by atoms with Gasteiger partial charge in [0.2, 0.25) is 5.91 Å². The molecule has 3 rings (SSSR count). The zero-order valence-electron chi connectivity index (χ0n) is 14.6. The maximum atomic E-state index is 13.0. The average molecular weight is 372 g/mol. The van der Waals surface area contributed by atoms with E-state index < -0.39 is 23.6 Å². The van der Waals surface area contributed by atoms with Gasteiger partial charge in [0.1, 0.15) is 11.6 Å². The second-order valence-corrected chi connectivity index (χ2v) is 6.71.